The molecule has 0 atom stereocenters. The van der Waals surface area contributed by atoms with Gasteiger partial charge in [-0.15, -0.1) is 0 Å². The first kappa shape index (κ1) is 121. The van der Waals surface area contributed by atoms with Crippen LogP contribution in [0.3, 0.4) is 0 Å². The van der Waals surface area contributed by atoms with Crippen LogP contribution in [0.2, 0.25) is 0 Å². The van der Waals surface area contributed by atoms with Gasteiger partial charge < -0.3 is 30.8 Å². The van der Waals surface area contributed by atoms with Gasteiger partial charge in [-0.25, -0.2) is 0 Å². The van der Waals surface area contributed by atoms with Crippen LogP contribution in [-0.4, -0.2) is 0 Å². The SMILES string of the molecule is N.N.N.N.N.NNN. The van der Waals surface area contributed by atoms with Crippen molar-refractivity contribution in [3.05, 3.63) is 0 Å². The molecule has 8 nitrogen and oxygen atoms in total. The van der Waals surface area contributed by atoms with E-state index in [2.05, 4.69) is 11.7 Å². The number of hydrogen-bond acceptors (Lipinski definition) is 8. The van der Waals surface area contributed by atoms with E-state index in [4.69, 9.17) is 0 Å². The molecule has 0 aromatic carbocycles. The second-order valence-corrected chi connectivity index (χ2v) is 0.167. The zero-order valence-electron chi connectivity index (χ0n) is 5.19. The predicted molar refractivity (Wildman–Crippen MR) is 36.6 cm³/mol. The molecule has 8 heteroatoms. The van der Waals surface area contributed by atoms with Crippen molar-refractivity contribution in [2.45, 2.75) is 0 Å². The lowest BCUT2D eigenvalue weighted by Crippen LogP contribution is -2.29. The van der Waals surface area contributed by atoms with E-state index >= 15 is 0 Å². The van der Waals surface area contributed by atoms with Crippen molar-refractivity contribution in [3.8, 4) is 0 Å². The molecule has 0 aromatic rings. The lowest BCUT2D eigenvalue weighted by Gasteiger charge is -1.64. The molecule has 0 aromatic heterocycles. The highest BCUT2D eigenvalue weighted by Gasteiger charge is 1.19. The standard InChI is InChI=1S/H5N3.5H3N/c1-3-2;;;;;/h3H,1-2H2;5*1H3. The van der Waals surface area contributed by atoms with Gasteiger partial charge in [-0.05, 0) is 0 Å². The van der Waals surface area contributed by atoms with Crippen molar-refractivity contribution in [3.63, 3.8) is 0 Å². The van der Waals surface area contributed by atoms with Gasteiger partial charge in [0.1, 0.15) is 0 Å². The Morgan fingerprint density at radius 2 is 0.625 bits per heavy atom. The van der Waals surface area contributed by atoms with E-state index in [9.17, 15) is 0 Å². The van der Waals surface area contributed by atoms with Crippen LogP contribution in [0, 0.1) is 0 Å². The Hall–Kier alpha value is -0.320. The Bertz CT molecular complexity index is 0. The van der Waals surface area contributed by atoms with Crippen molar-refractivity contribution in [1.82, 2.24) is 36.3 Å². The Kier molecular flexibility index (Phi) is 7070. The van der Waals surface area contributed by atoms with E-state index in [1.807, 2.05) is 0 Å². The van der Waals surface area contributed by atoms with Crippen LogP contribution >= 0.6 is 0 Å². The summed E-state index contributed by atoms with van der Waals surface area (Å²) in [7, 11) is 0. The summed E-state index contributed by atoms with van der Waals surface area (Å²) >= 11 is 0. The van der Waals surface area contributed by atoms with Crippen molar-refractivity contribution < 1.29 is 0 Å². The largest absolute Gasteiger partial charge is 0.344 e. The van der Waals surface area contributed by atoms with Gasteiger partial charge in [-0.2, -0.15) is 5.53 Å². The van der Waals surface area contributed by atoms with Crippen LogP contribution in [0.4, 0.5) is 0 Å². The summed E-state index contributed by atoms with van der Waals surface area (Å²) in [6.07, 6.45) is 0. The molecular weight excluding hydrogens is 112 g/mol. The maximum atomic E-state index is 4.38. The smallest absolute Gasteiger partial charge is 0.200 e. The molecule has 0 aliphatic carbocycles. The number of nitrogens with two attached hydrogens (primary N) is 2. The Morgan fingerprint density at radius 3 is 0.625 bits per heavy atom. The number of rotatable bonds is 0. The minimum atomic E-state index is 0. The van der Waals surface area contributed by atoms with E-state index in [-0.39, 0.29) is 30.8 Å². The zero-order chi connectivity index (χ0) is 2.71. The molecule has 20 N–H and O–H groups in total. The van der Waals surface area contributed by atoms with Crippen LogP contribution in [0.5, 0.6) is 0 Å². The van der Waals surface area contributed by atoms with Gasteiger partial charge in [0, 0.05) is 0 Å². The van der Waals surface area contributed by atoms with Crippen LogP contribution in [0.25, 0.3) is 0 Å². The van der Waals surface area contributed by atoms with E-state index in [0.29, 0.717) is 0 Å². The molecule has 0 bridgehead atoms. The van der Waals surface area contributed by atoms with Crippen molar-refractivity contribution in [2.75, 3.05) is 0 Å². The highest BCUT2D eigenvalue weighted by molar-refractivity contribution is 3.63. The molecule has 0 amide bonds. The fraction of sp³-hybridized carbons (Fsp3) is 0. The third kappa shape index (κ3) is 1210. The van der Waals surface area contributed by atoms with Gasteiger partial charge in [-0.1, -0.05) is 0 Å². The molecule has 0 saturated heterocycles. The number of hydrazine groups is 2. The normalized spacial score (nSPS) is 2.25. The van der Waals surface area contributed by atoms with Gasteiger partial charge in [0.2, 0.25) is 0 Å². The average molecular weight is 132 g/mol. The van der Waals surface area contributed by atoms with Gasteiger partial charge in [0.05, 0.1) is 0 Å². The fourth-order valence-electron chi connectivity index (χ4n) is 0. The van der Waals surface area contributed by atoms with Crippen LogP contribution in [0.15, 0.2) is 0 Å². The highest BCUT2D eigenvalue weighted by atomic mass is 15.4. The monoisotopic (exact) mass is 132 g/mol. The van der Waals surface area contributed by atoms with E-state index in [0.717, 1.165) is 0 Å². The molecule has 0 aliphatic heterocycles. The molecule has 0 heterocycles. The molecule has 0 aliphatic rings. The van der Waals surface area contributed by atoms with Crippen molar-refractivity contribution in [1.29, 1.82) is 0 Å². The van der Waals surface area contributed by atoms with E-state index < -0.39 is 0 Å². The molecule has 0 spiro atoms. The Morgan fingerprint density at radius 1 is 0.625 bits per heavy atom. The molecule has 0 unspecified atom stereocenters. The third-order valence-corrected chi connectivity index (χ3v) is 0. The molecule has 0 rings (SSSR count). The first-order chi connectivity index (χ1) is 1.41. The topological polar surface area (TPSA) is 239 Å². The first-order valence-corrected chi connectivity index (χ1v) is 0.577. The maximum Gasteiger partial charge on any atom is -0.200 e. The minimum Gasteiger partial charge on any atom is -0.344 e. The van der Waals surface area contributed by atoms with E-state index in [1.54, 1.807) is 5.53 Å². The molecule has 8 heavy (non-hydrogen) atoms. The summed E-state index contributed by atoms with van der Waals surface area (Å²) in [5.74, 6) is 8.75. The lowest BCUT2D eigenvalue weighted by atomic mass is 12.6. The van der Waals surface area contributed by atoms with Gasteiger partial charge in [0.25, 0.3) is 0 Å². The molecule has 60 valence electrons. The molecule has 0 saturated carbocycles. The van der Waals surface area contributed by atoms with Crippen LogP contribution in [-0.2, 0) is 0 Å². The Labute approximate surface area is 49.2 Å². The molecule has 0 fully saturated rings. The Balaban J connectivity index is -0.00000000200. The van der Waals surface area contributed by atoms with E-state index in [1.165, 1.54) is 0 Å². The second kappa shape index (κ2) is 466. The fourth-order valence-corrected chi connectivity index (χ4v) is 0. The van der Waals surface area contributed by atoms with Gasteiger partial charge >= 0.3 is 0 Å². The summed E-state index contributed by atoms with van der Waals surface area (Å²) in [5.41, 5.74) is 1.75. The minimum absolute atomic E-state index is 0. The second-order valence-electron chi connectivity index (χ2n) is 0.167. The lowest BCUT2D eigenvalue weighted by molar-refractivity contribution is 0.803. The summed E-state index contributed by atoms with van der Waals surface area (Å²) in [5, 5.41) is 0. The summed E-state index contributed by atoms with van der Waals surface area (Å²) in [6.45, 7) is 0. The highest BCUT2D eigenvalue weighted by Crippen LogP contribution is 0.559. The van der Waals surface area contributed by atoms with Crippen molar-refractivity contribution >= 4 is 0 Å². The van der Waals surface area contributed by atoms with Crippen LogP contribution in [0.1, 0.15) is 0 Å². The van der Waals surface area contributed by atoms with Gasteiger partial charge in [-0.3, -0.25) is 11.7 Å². The summed E-state index contributed by atoms with van der Waals surface area (Å²) < 4.78 is 0. The zero-order valence-corrected chi connectivity index (χ0v) is 5.19. The predicted octanol–water partition coefficient (Wildman–Crippen LogP) is -0.867. The molecular formula is H20N8. The van der Waals surface area contributed by atoms with Crippen LogP contribution < -0.4 is 48.0 Å². The third-order valence-electron chi connectivity index (χ3n) is 0. The maximum absolute atomic E-state index is 4.38. The number of hydrogen-bond donors (Lipinski definition) is 8. The number of nitrogens with one attached hydrogen (secondary N) is 1. The summed E-state index contributed by atoms with van der Waals surface area (Å²) in [4.78, 5) is 0. The summed E-state index contributed by atoms with van der Waals surface area (Å²) in [6, 6.07) is 0. The average Bonchev–Trinajstić information content (AvgIpc) is 0.918. The quantitative estimate of drug-likeness (QED) is 0.152. The first-order valence-electron chi connectivity index (χ1n) is 0.577. The van der Waals surface area contributed by atoms with Crippen molar-refractivity contribution in [2.24, 2.45) is 11.7 Å². The van der Waals surface area contributed by atoms with Gasteiger partial charge in [0.15, 0.2) is 0 Å². The molecule has 0 radical (unpaired) electrons.